The minimum absolute atomic E-state index is 0.216. The number of hydrogen-bond donors (Lipinski definition) is 1. The van der Waals surface area contributed by atoms with Gasteiger partial charge in [0.2, 0.25) is 0 Å². The molecule has 0 bridgehead atoms. The quantitative estimate of drug-likeness (QED) is 0.938. The van der Waals surface area contributed by atoms with Gasteiger partial charge in [0, 0.05) is 32.5 Å². The van der Waals surface area contributed by atoms with E-state index in [0.29, 0.717) is 17.7 Å². The molecule has 2 heterocycles. The number of amides is 1. The molecule has 5 nitrogen and oxygen atoms in total. The van der Waals surface area contributed by atoms with E-state index in [1.54, 1.807) is 29.3 Å². The van der Waals surface area contributed by atoms with Crippen molar-refractivity contribution < 1.29 is 14.3 Å². The summed E-state index contributed by atoms with van der Waals surface area (Å²) < 4.78 is 13.5. The summed E-state index contributed by atoms with van der Waals surface area (Å²) in [4.78, 5) is 20.5. The van der Waals surface area contributed by atoms with Crippen LogP contribution in [0.25, 0.3) is 0 Å². The largest absolute Gasteiger partial charge is 0.391 e. The van der Waals surface area contributed by atoms with Crippen LogP contribution in [0, 0.1) is 5.82 Å². The van der Waals surface area contributed by atoms with E-state index < -0.39 is 6.10 Å². The molecule has 126 valence electrons. The Hall–Kier alpha value is -2.47. The summed E-state index contributed by atoms with van der Waals surface area (Å²) in [7, 11) is 3.78. The summed E-state index contributed by atoms with van der Waals surface area (Å²) in [6.07, 6.45) is 1.36. The zero-order valence-electron chi connectivity index (χ0n) is 13.7. The fourth-order valence-electron chi connectivity index (χ4n) is 3.03. The van der Waals surface area contributed by atoms with Crippen LogP contribution in [-0.2, 0) is 0 Å². The SMILES string of the molecule is CN(C)c1ccnc(C(=O)N2C[C@H](O)C[C@@H]2c2cccc(F)c2)c1. The Morgan fingerprint density at radius 2 is 2.12 bits per heavy atom. The average molecular weight is 329 g/mol. The molecule has 1 N–H and O–H groups in total. The topological polar surface area (TPSA) is 56.7 Å². The second-order valence-electron chi connectivity index (χ2n) is 6.21. The molecule has 0 saturated carbocycles. The van der Waals surface area contributed by atoms with Crippen molar-refractivity contribution in [1.29, 1.82) is 0 Å². The second kappa shape index (κ2) is 6.57. The number of halogens is 1. The first-order valence-corrected chi connectivity index (χ1v) is 7.83. The van der Waals surface area contributed by atoms with Crippen molar-refractivity contribution in [3.8, 4) is 0 Å². The minimum atomic E-state index is -0.626. The van der Waals surface area contributed by atoms with Crippen LogP contribution in [0.5, 0.6) is 0 Å². The second-order valence-corrected chi connectivity index (χ2v) is 6.21. The fraction of sp³-hybridized carbons (Fsp3) is 0.333. The highest BCUT2D eigenvalue weighted by Gasteiger charge is 2.36. The maximum Gasteiger partial charge on any atom is 0.273 e. The molecule has 1 aliphatic rings. The molecule has 24 heavy (non-hydrogen) atoms. The Balaban J connectivity index is 1.91. The Bertz CT molecular complexity index is 751. The Kier molecular flexibility index (Phi) is 4.49. The van der Waals surface area contributed by atoms with Gasteiger partial charge in [0.1, 0.15) is 11.5 Å². The van der Waals surface area contributed by atoms with Crippen LogP contribution in [0.2, 0.25) is 0 Å². The van der Waals surface area contributed by atoms with Crippen LogP contribution in [0.4, 0.5) is 10.1 Å². The molecule has 1 saturated heterocycles. The molecule has 3 rings (SSSR count). The first-order chi connectivity index (χ1) is 11.5. The molecule has 1 aromatic heterocycles. The number of benzene rings is 1. The first-order valence-electron chi connectivity index (χ1n) is 7.83. The lowest BCUT2D eigenvalue weighted by Gasteiger charge is -2.25. The van der Waals surface area contributed by atoms with Crippen LogP contribution in [0.15, 0.2) is 42.6 Å². The number of carbonyl (C=O) groups excluding carboxylic acids is 1. The highest BCUT2D eigenvalue weighted by molar-refractivity contribution is 5.93. The first kappa shape index (κ1) is 16.4. The summed E-state index contributed by atoms with van der Waals surface area (Å²) in [5, 5.41) is 10.0. The maximum atomic E-state index is 13.5. The fourth-order valence-corrected chi connectivity index (χ4v) is 3.03. The lowest BCUT2D eigenvalue weighted by molar-refractivity contribution is 0.0709. The molecule has 1 amide bonds. The van der Waals surface area contributed by atoms with E-state index in [0.717, 1.165) is 5.69 Å². The third-order valence-corrected chi connectivity index (χ3v) is 4.25. The van der Waals surface area contributed by atoms with E-state index in [1.165, 1.54) is 12.1 Å². The molecule has 2 atom stereocenters. The van der Waals surface area contributed by atoms with Gasteiger partial charge in [-0.25, -0.2) is 4.39 Å². The van der Waals surface area contributed by atoms with E-state index >= 15 is 0 Å². The molecule has 1 aromatic carbocycles. The van der Waals surface area contributed by atoms with Crippen LogP contribution in [0.3, 0.4) is 0 Å². The Labute approximate surface area is 140 Å². The molecule has 0 unspecified atom stereocenters. The number of hydrogen-bond acceptors (Lipinski definition) is 4. The number of anilines is 1. The maximum absolute atomic E-state index is 13.5. The Morgan fingerprint density at radius 1 is 1.33 bits per heavy atom. The van der Waals surface area contributed by atoms with Crippen molar-refractivity contribution in [2.45, 2.75) is 18.6 Å². The summed E-state index contributed by atoms with van der Waals surface area (Å²) >= 11 is 0. The average Bonchev–Trinajstić information content (AvgIpc) is 2.96. The standard InChI is InChI=1S/C18H20FN3O2/c1-21(2)14-6-7-20-16(9-14)18(24)22-11-15(23)10-17(22)12-4-3-5-13(19)8-12/h3-9,15,17,23H,10-11H2,1-2H3/t15-,17-/m1/s1. The van der Waals surface area contributed by atoms with Gasteiger partial charge >= 0.3 is 0 Å². The van der Waals surface area contributed by atoms with E-state index in [2.05, 4.69) is 4.98 Å². The number of pyridine rings is 1. The van der Waals surface area contributed by atoms with Crippen molar-refractivity contribution in [2.24, 2.45) is 0 Å². The lowest BCUT2D eigenvalue weighted by Crippen LogP contribution is -2.32. The van der Waals surface area contributed by atoms with Gasteiger partial charge in [-0.1, -0.05) is 12.1 Å². The molecule has 2 aromatic rings. The smallest absolute Gasteiger partial charge is 0.273 e. The van der Waals surface area contributed by atoms with E-state index in [-0.39, 0.29) is 24.3 Å². The molecular weight excluding hydrogens is 309 g/mol. The Morgan fingerprint density at radius 3 is 2.83 bits per heavy atom. The highest BCUT2D eigenvalue weighted by Crippen LogP contribution is 2.33. The monoisotopic (exact) mass is 329 g/mol. The summed E-state index contributed by atoms with van der Waals surface area (Å²) in [6.45, 7) is 0.216. The highest BCUT2D eigenvalue weighted by atomic mass is 19.1. The van der Waals surface area contributed by atoms with Crippen molar-refractivity contribution in [2.75, 3.05) is 25.5 Å². The number of aliphatic hydroxyl groups excluding tert-OH is 1. The number of nitrogens with zero attached hydrogens (tertiary/aromatic N) is 3. The van der Waals surface area contributed by atoms with E-state index in [9.17, 15) is 14.3 Å². The summed E-state index contributed by atoms with van der Waals surface area (Å²) in [5.74, 6) is -0.612. The number of rotatable bonds is 3. The van der Waals surface area contributed by atoms with Crippen LogP contribution >= 0.6 is 0 Å². The molecule has 1 fully saturated rings. The van der Waals surface area contributed by atoms with E-state index in [4.69, 9.17) is 0 Å². The predicted octanol–water partition coefficient (Wildman–Crippen LogP) is 2.23. The van der Waals surface area contributed by atoms with Gasteiger partial charge in [0.15, 0.2) is 0 Å². The van der Waals surface area contributed by atoms with Crippen LogP contribution < -0.4 is 4.90 Å². The molecule has 6 heteroatoms. The van der Waals surface area contributed by atoms with Crippen molar-refractivity contribution in [3.05, 3.63) is 59.7 Å². The molecule has 0 spiro atoms. The minimum Gasteiger partial charge on any atom is -0.391 e. The van der Waals surface area contributed by atoms with Crippen LogP contribution in [-0.4, -0.2) is 47.6 Å². The number of aromatic nitrogens is 1. The van der Waals surface area contributed by atoms with Gasteiger partial charge in [-0.3, -0.25) is 9.78 Å². The van der Waals surface area contributed by atoms with E-state index in [1.807, 2.05) is 25.1 Å². The van der Waals surface area contributed by atoms with Gasteiger partial charge in [0.05, 0.1) is 12.1 Å². The number of likely N-dealkylation sites (tertiary alicyclic amines) is 1. The predicted molar refractivity (Wildman–Crippen MR) is 89.4 cm³/mol. The number of carbonyl (C=O) groups is 1. The van der Waals surface area contributed by atoms with Gasteiger partial charge in [-0.15, -0.1) is 0 Å². The lowest BCUT2D eigenvalue weighted by atomic mass is 10.0. The zero-order chi connectivity index (χ0) is 17.3. The van der Waals surface area contributed by atoms with Gasteiger partial charge in [0.25, 0.3) is 5.91 Å². The van der Waals surface area contributed by atoms with Crippen molar-refractivity contribution in [1.82, 2.24) is 9.88 Å². The molecular formula is C18H20FN3O2. The van der Waals surface area contributed by atoms with Crippen LogP contribution in [0.1, 0.15) is 28.5 Å². The molecule has 1 aliphatic heterocycles. The van der Waals surface area contributed by atoms with Gasteiger partial charge < -0.3 is 14.9 Å². The van der Waals surface area contributed by atoms with Gasteiger partial charge in [-0.2, -0.15) is 0 Å². The summed E-state index contributed by atoms with van der Waals surface area (Å²) in [5.41, 5.74) is 1.87. The zero-order valence-corrected chi connectivity index (χ0v) is 13.7. The number of β-amino-alcohol motifs (C(OH)–C–C–N with tert-alkyl or cyclic N) is 1. The molecule has 0 radical (unpaired) electrons. The normalized spacial score (nSPS) is 20.2. The molecule has 0 aliphatic carbocycles. The third-order valence-electron chi connectivity index (χ3n) is 4.25. The summed E-state index contributed by atoms with van der Waals surface area (Å²) in [6, 6.07) is 9.34. The van der Waals surface area contributed by atoms with Gasteiger partial charge in [-0.05, 0) is 36.2 Å². The van der Waals surface area contributed by atoms with Crippen molar-refractivity contribution >= 4 is 11.6 Å². The number of aliphatic hydroxyl groups is 1. The third kappa shape index (κ3) is 3.23. The van der Waals surface area contributed by atoms with Crippen molar-refractivity contribution in [3.63, 3.8) is 0 Å².